The summed E-state index contributed by atoms with van der Waals surface area (Å²) in [6.45, 7) is 4.11. The van der Waals surface area contributed by atoms with Crippen molar-refractivity contribution in [2.75, 3.05) is 12.0 Å². The van der Waals surface area contributed by atoms with Crippen molar-refractivity contribution in [2.45, 2.75) is 20.5 Å². The summed E-state index contributed by atoms with van der Waals surface area (Å²) in [7, 11) is 1.52. The third-order valence-corrected chi connectivity index (χ3v) is 6.16. The van der Waals surface area contributed by atoms with Gasteiger partial charge in [0.15, 0.2) is 11.5 Å². The lowest BCUT2D eigenvalue weighted by molar-refractivity contribution is -0.122. The Labute approximate surface area is 216 Å². The Morgan fingerprint density at radius 2 is 1.66 bits per heavy atom. The van der Waals surface area contributed by atoms with E-state index in [2.05, 4.69) is 27.9 Å². The zero-order chi connectivity index (χ0) is 25.1. The summed E-state index contributed by atoms with van der Waals surface area (Å²) in [6.07, 6.45) is 1.45. The molecule has 0 unspecified atom stereocenters. The summed E-state index contributed by atoms with van der Waals surface area (Å²) in [5.74, 6) is -0.419. The second-order valence-corrected chi connectivity index (χ2v) is 9.27. The molecule has 0 bridgehead atoms. The fourth-order valence-electron chi connectivity index (χ4n) is 3.83. The van der Waals surface area contributed by atoms with Gasteiger partial charge in [-0.15, -0.1) is 0 Å². The van der Waals surface area contributed by atoms with Crippen molar-refractivity contribution in [3.05, 3.63) is 92.1 Å². The van der Waals surface area contributed by atoms with Gasteiger partial charge in [0.05, 0.1) is 16.4 Å². The highest BCUT2D eigenvalue weighted by Crippen LogP contribution is 2.35. The Hall–Kier alpha value is -3.66. The number of barbiturate groups is 1. The van der Waals surface area contributed by atoms with E-state index >= 15 is 0 Å². The van der Waals surface area contributed by atoms with Crippen LogP contribution in [0.3, 0.4) is 0 Å². The fraction of sp³-hybridized carbons (Fsp3) is 0.148. The summed E-state index contributed by atoms with van der Waals surface area (Å²) in [4.78, 5) is 39.4. The number of halogens is 1. The normalized spacial score (nSPS) is 14.8. The molecule has 4 rings (SSSR count). The number of carbonyl (C=O) groups is 3. The first-order chi connectivity index (χ1) is 16.8. The molecule has 1 N–H and O–H groups in total. The van der Waals surface area contributed by atoms with Gasteiger partial charge in [0, 0.05) is 0 Å². The topological polar surface area (TPSA) is 84.9 Å². The standard InChI is InChI=1S/C27H23IN2O5/c1-16-9-17(2)11-20(10-16)30-26(32)21(25(31)29-27(30)33)12-19-13-22(28)24(23(14-19)34-3)35-15-18-7-5-4-6-8-18/h4-14H,15H2,1-3H3,(H,29,31,33)/b21-12+. The molecule has 8 heteroatoms. The van der Waals surface area contributed by atoms with Crippen molar-refractivity contribution in [1.29, 1.82) is 0 Å². The van der Waals surface area contributed by atoms with E-state index in [1.54, 1.807) is 24.3 Å². The van der Waals surface area contributed by atoms with Crippen molar-refractivity contribution in [2.24, 2.45) is 0 Å². The highest BCUT2D eigenvalue weighted by Gasteiger charge is 2.37. The number of imide groups is 2. The van der Waals surface area contributed by atoms with Crippen LogP contribution in [0.5, 0.6) is 11.5 Å². The molecule has 7 nitrogen and oxygen atoms in total. The fourth-order valence-corrected chi connectivity index (χ4v) is 4.61. The van der Waals surface area contributed by atoms with Crippen molar-refractivity contribution in [3.8, 4) is 11.5 Å². The number of amides is 4. The zero-order valence-electron chi connectivity index (χ0n) is 19.4. The molecular weight excluding hydrogens is 559 g/mol. The number of ether oxygens (including phenoxy) is 2. The number of aryl methyl sites for hydroxylation is 2. The van der Waals surface area contributed by atoms with E-state index in [0.29, 0.717) is 29.4 Å². The van der Waals surface area contributed by atoms with Crippen LogP contribution in [0.25, 0.3) is 6.08 Å². The number of rotatable bonds is 6. The van der Waals surface area contributed by atoms with Gasteiger partial charge >= 0.3 is 6.03 Å². The van der Waals surface area contributed by atoms with E-state index in [1.807, 2.05) is 50.2 Å². The maximum absolute atomic E-state index is 13.3. The number of hydrogen-bond acceptors (Lipinski definition) is 5. The minimum Gasteiger partial charge on any atom is -0.493 e. The highest BCUT2D eigenvalue weighted by atomic mass is 127. The Bertz CT molecular complexity index is 1330. The van der Waals surface area contributed by atoms with Gasteiger partial charge in [0.25, 0.3) is 11.8 Å². The predicted molar refractivity (Wildman–Crippen MR) is 141 cm³/mol. The summed E-state index contributed by atoms with van der Waals surface area (Å²) in [6, 6.07) is 17.8. The van der Waals surface area contributed by atoms with E-state index in [1.165, 1.54) is 13.2 Å². The maximum Gasteiger partial charge on any atom is 0.335 e. The predicted octanol–water partition coefficient (Wildman–Crippen LogP) is 5.16. The molecule has 0 radical (unpaired) electrons. The van der Waals surface area contributed by atoms with Gasteiger partial charge < -0.3 is 9.47 Å². The smallest absolute Gasteiger partial charge is 0.335 e. The Morgan fingerprint density at radius 3 is 2.31 bits per heavy atom. The van der Waals surface area contributed by atoms with Crippen LogP contribution in [0.1, 0.15) is 22.3 Å². The lowest BCUT2D eigenvalue weighted by Crippen LogP contribution is -2.54. The number of methoxy groups -OCH3 is 1. The molecule has 0 spiro atoms. The molecule has 3 aromatic rings. The second kappa shape index (κ2) is 10.3. The SMILES string of the molecule is COc1cc(/C=C2\C(=O)NC(=O)N(c3cc(C)cc(C)c3)C2=O)cc(I)c1OCc1ccccc1. The molecule has 1 saturated heterocycles. The summed E-state index contributed by atoms with van der Waals surface area (Å²) in [5, 5.41) is 2.26. The van der Waals surface area contributed by atoms with Crippen molar-refractivity contribution < 1.29 is 23.9 Å². The molecule has 0 saturated carbocycles. The van der Waals surface area contributed by atoms with Crippen LogP contribution in [0.15, 0.2) is 66.2 Å². The number of anilines is 1. The number of nitrogens with one attached hydrogen (secondary N) is 1. The molecule has 1 aliphatic heterocycles. The molecular formula is C27H23IN2O5. The highest BCUT2D eigenvalue weighted by molar-refractivity contribution is 14.1. The first kappa shape index (κ1) is 24.5. The van der Waals surface area contributed by atoms with E-state index in [9.17, 15) is 14.4 Å². The molecule has 178 valence electrons. The number of nitrogens with zero attached hydrogens (tertiary/aromatic N) is 1. The van der Waals surface area contributed by atoms with Crippen LogP contribution in [-0.2, 0) is 16.2 Å². The van der Waals surface area contributed by atoms with Crippen LogP contribution < -0.4 is 19.7 Å². The summed E-state index contributed by atoms with van der Waals surface area (Å²) >= 11 is 2.12. The van der Waals surface area contributed by atoms with Crippen LogP contribution in [0.4, 0.5) is 10.5 Å². The van der Waals surface area contributed by atoms with Gasteiger partial charge in [-0.05, 0) is 89.0 Å². The molecule has 35 heavy (non-hydrogen) atoms. The lowest BCUT2D eigenvalue weighted by atomic mass is 10.0. The largest absolute Gasteiger partial charge is 0.493 e. The van der Waals surface area contributed by atoms with Crippen molar-refractivity contribution >= 4 is 52.2 Å². The molecule has 3 aromatic carbocycles. The van der Waals surface area contributed by atoms with Crippen molar-refractivity contribution in [1.82, 2.24) is 5.32 Å². The van der Waals surface area contributed by atoms with Crippen LogP contribution in [0, 0.1) is 17.4 Å². The molecule has 1 fully saturated rings. The maximum atomic E-state index is 13.3. The van der Waals surface area contributed by atoms with Gasteiger partial charge in [-0.3, -0.25) is 14.9 Å². The molecule has 0 aromatic heterocycles. The second-order valence-electron chi connectivity index (χ2n) is 8.11. The monoisotopic (exact) mass is 582 g/mol. The van der Waals surface area contributed by atoms with Gasteiger partial charge in [-0.2, -0.15) is 0 Å². The zero-order valence-corrected chi connectivity index (χ0v) is 21.6. The molecule has 1 aliphatic rings. The Morgan fingerprint density at radius 1 is 0.971 bits per heavy atom. The van der Waals surface area contributed by atoms with Gasteiger partial charge in [-0.1, -0.05) is 36.4 Å². The molecule has 4 amide bonds. The molecule has 0 aliphatic carbocycles. The number of carbonyl (C=O) groups excluding carboxylic acids is 3. The van der Waals surface area contributed by atoms with Gasteiger partial charge in [0.2, 0.25) is 0 Å². The average molecular weight is 582 g/mol. The third kappa shape index (κ3) is 5.37. The number of urea groups is 1. The summed E-state index contributed by atoms with van der Waals surface area (Å²) in [5.41, 5.74) is 3.62. The van der Waals surface area contributed by atoms with E-state index in [4.69, 9.17) is 9.47 Å². The van der Waals surface area contributed by atoms with Gasteiger partial charge in [-0.25, -0.2) is 9.69 Å². The lowest BCUT2D eigenvalue weighted by Gasteiger charge is -2.27. The third-order valence-electron chi connectivity index (χ3n) is 5.36. The minimum absolute atomic E-state index is 0.153. The van der Waals surface area contributed by atoms with E-state index in [-0.39, 0.29) is 5.57 Å². The van der Waals surface area contributed by atoms with Crippen LogP contribution >= 0.6 is 22.6 Å². The Kier molecular flexibility index (Phi) is 7.20. The quantitative estimate of drug-likeness (QED) is 0.247. The Balaban J connectivity index is 1.66. The average Bonchev–Trinajstić information content (AvgIpc) is 2.80. The van der Waals surface area contributed by atoms with E-state index in [0.717, 1.165) is 25.2 Å². The van der Waals surface area contributed by atoms with Crippen LogP contribution in [-0.4, -0.2) is 25.0 Å². The minimum atomic E-state index is -0.779. The molecule has 1 heterocycles. The van der Waals surface area contributed by atoms with E-state index < -0.39 is 17.8 Å². The summed E-state index contributed by atoms with van der Waals surface area (Å²) < 4.78 is 12.3. The first-order valence-corrected chi connectivity index (χ1v) is 11.9. The van der Waals surface area contributed by atoms with Gasteiger partial charge in [0.1, 0.15) is 12.2 Å². The molecule has 0 atom stereocenters. The van der Waals surface area contributed by atoms with Crippen molar-refractivity contribution in [3.63, 3.8) is 0 Å². The van der Waals surface area contributed by atoms with Crippen LogP contribution in [0.2, 0.25) is 0 Å². The number of benzene rings is 3. The number of hydrogen-bond donors (Lipinski definition) is 1. The first-order valence-electron chi connectivity index (χ1n) is 10.8.